The zero-order valence-electron chi connectivity index (χ0n) is 7.38. The minimum Gasteiger partial charge on any atom is -0.497 e. The fourth-order valence-corrected chi connectivity index (χ4v) is 2.10. The van der Waals surface area contributed by atoms with Crippen LogP contribution in [0.3, 0.4) is 0 Å². The highest BCUT2D eigenvalue weighted by Crippen LogP contribution is 2.28. The highest BCUT2D eigenvalue weighted by atomic mass is 79.9. The largest absolute Gasteiger partial charge is 0.497 e. The van der Waals surface area contributed by atoms with Gasteiger partial charge in [-0.1, -0.05) is 27.5 Å². The Hall–Kier alpha value is -0.740. The smallest absolute Gasteiger partial charge is 0.336 e. The van der Waals surface area contributed by atoms with E-state index in [1.807, 2.05) is 0 Å². The molecule has 0 saturated heterocycles. The van der Waals surface area contributed by atoms with E-state index in [1.54, 1.807) is 6.07 Å². The first kappa shape index (κ1) is 11.3. The van der Waals surface area contributed by atoms with Crippen LogP contribution in [0, 0.1) is 0 Å². The van der Waals surface area contributed by atoms with Gasteiger partial charge in [-0.3, -0.25) is 0 Å². The monoisotopic (exact) mass is 278 g/mol. The summed E-state index contributed by atoms with van der Waals surface area (Å²) in [5, 5.41) is 9.69. The van der Waals surface area contributed by atoms with Crippen molar-refractivity contribution in [3.8, 4) is 5.75 Å². The second kappa shape index (κ2) is 4.66. The van der Waals surface area contributed by atoms with Gasteiger partial charge >= 0.3 is 5.97 Å². The molecule has 1 aromatic carbocycles. The number of halogens is 2. The lowest BCUT2D eigenvalue weighted by molar-refractivity contribution is 0.0695. The number of rotatable bonds is 3. The van der Waals surface area contributed by atoms with Gasteiger partial charge in [0.05, 0.1) is 12.7 Å². The summed E-state index contributed by atoms with van der Waals surface area (Å²) < 4.78 is 4.92. The first-order valence-electron chi connectivity index (χ1n) is 3.75. The van der Waals surface area contributed by atoms with E-state index < -0.39 is 5.97 Å². The van der Waals surface area contributed by atoms with Crippen LogP contribution in [0.15, 0.2) is 12.1 Å². The third-order valence-electron chi connectivity index (χ3n) is 1.77. The molecule has 0 amide bonds. The summed E-state index contributed by atoms with van der Waals surface area (Å²) in [7, 11) is 1.46. The number of hydrogen-bond acceptors (Lipinski definition) is 2. The lowest BCUT2D eigenvalue weighted by Gasteiger charge is -2.08. The third-order valence-corrected chi connectivity index (χ3v) is 2.67. The number of ether oxygens (including phenoxy) is 1. The summed E-state index contributed by atoms with van der Waals surface area (Å²) in [6.45, 7) is 0. The molecule has 1 N–H and O–H groups in total. The van der Waals surface area contributed by atoms with E-state index in [2.05, 4.69) is 15.9 Å². The minimum absolute atomic E-state index is 0.159. The first-order valence-corrected chi connectivity index (χ1v) is 5.25. The highest BCUT2D eigenvalue weighted by Gasteiger charge is 2.14. The van der Waals surface area contributed by atoms with E-state index in [0.29, 0.717) is 21.7 Å². The number of methoxy groups -OCH3 is 1. The molecule has 0 aromatic heterocycles. The van der Waals surface area contributed by atoms with Crippen LogP contribution < -0.4 is 4.74 Å². The van der Waals surface area contributed by atoms with Gasteiger partial charge in [0.15, 0.2) is 0 Å². The van der Waals surface area contributed by atoms with Gasteiger partial charge in [-0.2, -0.15) is 0 Å². The van der Waals surface area contributed by atoms with Gasteiger partial charge in [0.2, 0.25) is 0 Å². The molecule has 0 fully saturated rings. The van der Waals surface area contributed by atoms with Crippen LogP contribution in [-0.4, -0.2) is 18.2 Å². The number of benzene rings is 1. The maximum Gasteiger partial charge on any atom is 0.336 e. The van der Waals surface area contributed by atoms with Crippen molar-refractivity contribution in [2.45, 2.75) is 5.33 Å². The molecule has 1 rings (SSSR count). The Morgan fingerprint density at radius 3 is 2.71 bits per heavy atom. The molecule has 0 atom stereocenters. The predicted octanol–water partition coefficient (Wildman–Crippen LogP) is 2.94. The summed E-state index contributed by atoms with van der Waals surface area (Å²) >= 11 is 9.07. The van der Waals surface area contributed by atoms with Gasteiger partial charge in [-0.05, 0) is 17.7 Å². The van der Waals surface area contributed by atoms with E-state index in [-0.39, 0.29) is 5.56 Å². The van der Waals surface area contributed by atoms with Crippen molar-refractivity contribution >= 4 is 33.5 Å². The van der Waals surface area contributed by atoms with Gasteiger partial charge in [0.25, 0.3) is 0 Å². The standard InChI is InChI=1S/C9H8BrClO3/c1-14-5-2-6(9(12)13)7(4-10)8(11)3-5/h2-3H,4H2,1H3,(H,12,13). The van der Waals surface area contributed by atoms with Gasteiger partial charge in [-0.15, -0.1) is 0 Å². The lowest BCUT2D eigenvalue weighted by atomic mass is 10.1. The number of alkyl halides is 1. The van der Waals surface area contributed by atoms with Gasteiger partial charge < -0.3 is 9.84 Å². The Morgan fingerprint density at radius 2 is 2.29 bits per heavy atom. The molecular formula is C9H8BrClO3. The molecule has 0 bridgehead atoms. The van der Waals surface area contributed by atoms with Crippen molar-refractivity contribution in [3.05, 3.63) is 28.3 Å². The topological polar surface area (TPSA) is 46.5 Å². The summed E-state index contributed by atoms with van der Waals surface area (Å²) in [5.41, 5.74) is 0.714. The van der Waals surface area contributed by atoms with Crippen LogP contribution in [0.5, 0.6) is 5.75 Å². The summed E-state index contributed by atoms with van der Waals surface area (Å²) in [4.78, 5) is 10.9. The lowest BCUT2D eigenvalue weighted by Crippen LogP contribution is -2.02. The molecule has 0 aliphatic heterocycles. The van der Waals surface area contributed by atoms with Crippen molar-refractivity contribution in [1.82, 2.24) is 0 Å². The predicted molar refractivity (Wildman–Crippen MR) is 57.6 cm³/mol. The maximum absolute atomic E-state index is 10.9. The SMILES string of the molecule is COc1cc(Cl)c(CBr)c(C(=O)O)c1. The molecular weight excluding hydrogens is 271 g/mol. The van der Waals surface area contributed by atoms with Crippen molar-refractivity contribution in [1.29, 1.82) is 0 Å². The molecule has 0 unspecified atom stereocenters. The fraction of sp³-hybridized carbons (Fsp3) is 0.222. The fourth-order valence-electron chi connectivity index (χ4n) is 1.06. The molecule has 1 aromatic rings. The quantitative estimate of drug-likeness (QED) is 0.865. The van der Waals surface area contributed by atoms with Crippen LogP contribution in [-0.2, 0) is 5.33 Å². The van der Waals surface area contributed by atoms with Crippen LogP contribution in [0.1, 0.15) is 15.9 Å². The number of carboxylic acids is 1. The molecule has 0 radical (unpaired) electrons. The van der Waals surface area contributed by atoms with Crippen molar-refractivity contribution < 1.29 is 14.6 Å². The minimum atomic E-state index is -1.01. The maximum atomic E-state index is 10.9. The molecule has 76 valence electrons. The molecule has 0 aliphatic rings. The molecule has 5 heteroatoms. The Morgan fingerprint density at radius 1 is 1.64 bits per heavy atom. The molecule has 0 saturated carbocycles. The molecule has 0 spiro atoms. The zero-order chi connectivity index (χ0) is 10.7. The first-order chi connectivity index (χ1) is 6.60. The third kappa shape index (κ3) is 2.19. The van der Waals surface area contributed by atoms with Crippen molar-refractivity contribution in [2.24, 2.45) is 0 Å². The van der Waals surface area contributed by atoms with E-state index in [1.165, 1.54) is 13.2 Å². The van der Waals surface area contributed by atoms with Gasteiger partial charge in [0.1, 0.15) is 5.75 Å². The molecule has 3 nitrogen and oxygen atoms in total. The number of carbonyl (C=O) groups is 1. The summed E-state index contributed by atoms with van der Waals surface area (Å²) in [5.74, 6) is -0.572. The number of hydrogen-bond donors (Lipinski definition) is 1. The van der Waals surface area contributed by atoms with Crippen LogP contribution in [0.4, 0.5) is 0 Å². The molecule has 14 heavy (non-hydrogen) atoms. The normalized spacial score (nSPS) is 9.93. The van der Waals surface area contributed by atoms with Crippen molar-refractivity contribution in [2.75, 3.05) is 7.11 Å². The average molecular weight is 280 g/mol. The van der Waals surface area contributed by atoms with Gasteiger partial charge in [0, 0.05) is 10.4 Å². The zero-order valence-corrected chi connectivity index (χ0v) is 9.72. The number of aromatic carboxylic acids is 1. The Balaban J connectivity index is 3.35. The van der Waals surface area contributed by atoms with Crippen LogP contribution >= 0.6 is 27.5 Å². The molecule has 0 aliphatic carbocycles. The van der Waals surface area contributed by atoms with Gasteiger partial charge in [-0.25, -0.2) is 4.79 Å². The van der Waals surface area contributed by atoms with Crippen LogP contribution in [0.25, 0.3) is 0 Å². The Bertz CT molecular complexity index is 365. The second-order valence-corrected chi connectivity index (χ2v) is 3.54. The highest BCUT2D eigenvalue weighted by molar-refractivity contribution is 9.08. The van der Waals surface area contributed by atoms with E-state index in [9.17, 15) is 4.79 Å². The van der Waals surface area contributed by atoms with E-state index in [4.69, 9.17) is 21.4 Å². The average Bonchev–Trinajstić information content (AvgIpc) is 2.16. The second-order valence-electron chi connectivity index (χ2n) is 2.57. The molecule has 0 heterocycles. The van der Waals surface area contributed by atoms with Crippen LogP contribution in [0.2, 0.25) is 5.02 Å². The Kier molecular flexibility index (Phi) is 3.77. The number of carboxylic acid groups (broad SMARTS) is 1. The Labute approximate surface area is 94.8 Å². The summed E-state index contributed by atoms with van der Waals surface area (Å²) in [6, 6.07) is 3.04. The van der Waals surface area contributed by atoms with E-state index in [0.717, 1.165) is 0 Å². The van der Waals surface area contributed by atoms with E-state index >= 15 is 0 Å². The van der Waals surface area contributed by atoms with Crippen molar-refractivity contribution in [3.63, 3.8) is 0 Å². The summed E-state index contributed by atoms with van der Waals surface area (Å²) in [6.07, 6.45) is 0.